The van der Waals surface area contributed by atoms with Crippen molar-refractivity contribution < 1.29 is 0 Å². The SMILES string of the molecule is C=CCCCN(C)C(C)C(C)CNCC. The summed E-state index contributed by atoms with van der Waals surface area (Å²) in [4.78, 5) is 2.45. The maximum absolute atomic E-state index is 3.75. The zero-order valence-corrected chi connectivity index (χ0v) is 10.9. The summed E-state index contributed by atoms with van der Waals surface area (Å²) in [5.74, 6) is 0.707. The molecule has 2 heteroatoms. The molecule has 0 saturated carbocycles. The van der Waals surface area contributed by atoms with E-state index in [1.807, 2.05) is 6.08 Å². The summed E-state index contributed by atoms with van der Waals surface area (Å²) in [5.41, 5.74) is 0. The zero-order valence-electron chi connectivity index (χ0n) is 10.9. The highest BCUT2D eigenvalue weighted by molar-refractivity contribution is 4.73. The van der Waals surface area contributed by atoms with Crippen molar-refractivity contribution in [2.75, 3.05) is 26.7 Å². The molecule has 0 aliphatic carbocycles. The van der Waals surface area contributed by atoms with Crippen molar-refractivity contribution in [2.45, 2.75) is 39.7 Å². The molecule has 2 atom stereocenters. The number of nitrogens with zero attached hydrogens (tertiary/aromatic N) is 1. The molecule has 90 valence electrons. The number of hydrogen-bond acceptors (Lipinski definition) is 2. The standard InChI is InChI=1S/C13H28N2/c1-6-8-9-10-15(5)13(4)12(3)11-14-7-2/h6,12-14H,1,7-11H2,2-5H3. The van der Waals surface area contributed by atoms with Crippen LogP contribution in [0, 0.1) is 5.92 Å². The first-order valence-electron chi connectivity index (χ1n) is 6.15. The second kappa shape index (κ2) is 8.93. The number of nitrogens with one attached hydrogen (secondary N) is 1. The molecule has 0 heterocycles. The van der Waals surface area contributed by atoms with Gasteiger partial charge in [0.25, 0.3) is 0 Å². The summed E-state index contributed by atoms with van der Waals surface area (Å²) >= 11 is 0. The van der Waals surface area contributed by atoms with Crippen LogP contribution in [0.1, 0.15) is 33.6 Å². The Balaban J connectivity index is 3.74. The van der Waals surface area contributed by atoms with Crippen molar-refractivity contribution in [1.82, 2.24) is 10.2 Å². The topological polar surface area (TPSA) is 15.3 Å². The van der Waals surface area contributed by atoms with Crippen LogP contribution in [0.25, 0.3) is 0 Å². The minimum Gasteiger partial charge on any atom is -0.317 e. The normalized spacial score (nSPS) is 15.3. The summed E-state index contributed by atoms with van der Waals surface area (Å²) in [6.07, 6.45) is 4.34. The molecule has 0 spiro atoms. The highest BCUT2D eigenvalue weighted by Gasteiger charge is 2.15. The van der Waals surface area contributed by atoms with Gasteiger partial charge >= 0.3 is 0 Å². The van der Waals surface area contributed by atoms with E-state index >= 15 is 0 Å². The van der Waals surface area contributed by atoms with Crippen LogP contribution in [0.4, 0.5) is 0 Å². The van der Waals surface area contributed by atoms with Crippen molar-refractivity contribution in [2.24, 2.45) is 5.92 Å². The largest absolute Gasteiger partial charge is 0.317 e. The average molecular weight is 212 g/mol. The Morgan fingerprint density at radius 2 is 2.07 bits per heavy atom. The lowest BCUT2D eigenvalue weighted by Gasteiger charge is -2.30. The predicted molar refractivity (Wildman–Crippen MR) is 69.2 cm³/mol. The molecule has 0 aromatic carbocycles. The molecule has 0 saturated heterocycles. The molecule has 0 amide bonds. The molecule has 1 N–H and O–H groups in total. The van der Waals surface area contributed by atoms with Crippen LogP contribution in [-0.2, 0) is 0 Å². The summed E-state index contributed by atoms with van der Waals surface area (Å²) in [6, 6.07) is 0.647. The lowest BCUT2D eigenvalue weighted by atomic mass is 10.0. The maximum atomic E-state index is 3.75. The van der Waals surface area contributed by atoms with Crippen molar-refractivity contribution in [3.63, 3.8) is 0 Å². The van der Waals surface area contributed by atoms with Crippen LogP contribution in [-0.4, -0.2) is 37.6 Å². The van der Waals surface area contributed by atoms with E-state index in [9.17, 15) is 0 Å². The van der Waals surface area contributed by atoms with Gasteiger partial charge in [0.05, 0.1) is 0 Å². The van der Waals surface area contributed by atoms with Gasteiger partial charge in [-0.15, -0.1) is 6.58 Å². The van der Waals surface area contributed by atoms with Crippen LogP contribution in [0.2, 0.25) is 0 Å². The lowest BCUT2D eigenvalue weighted by molar-refractivity contribution is 0.195. The van der Waals surface area contributed by atoms with E-state index in [4.69, 9.17) is 0 Å². The molecule has 0 radical (unpaired) electrons. The third-order valence-corrected chi connectivity index (χ3v) is 3.15. The summed E-state index contributed by atoms with van der Waals surface area (Å²) in [6.45, 7) is 13.9. The van der Waals surface area contributed by atoms with E-state index in [0.717, 1.165) is 19.5 Å². The molecule has 2 unspecified atom stereocenters. The summed E-state index contributed by atoms with van der Waals surface area (Å²) in [5, 5.41) is 3.41. The van der Waals surface area contributed by atoms with Gasteiger partial charge in [-0.1, -0.05) is 19.9 Å². The van der Waals surface area contributed by atoms with Crippen molar-refractivity contribution in [3.05, 3.63) is 12.7 Å². The van der Waals surface area contributed by atoms with Gasteiger partial charge in [-0.2, -0.15) is 0 Å². The minimum atomic E-state index is 0.647. The van der Waals surface area contributed by atoms with Crippen LogP contribution in [0.3, 0.4) is 0 Å². The monoisotopic (exact) mass is 212 g/mol. The molecular formula is C13H28N2. The van der Waals surface area contributed by atoms with Crippen LogP contribution in [0.5, 0.6) is 0 Å². The van der Waals surface area contributed by atoms with Gasteiger partial charge in [-0.25, -0.2) is 0 Å². The van der Waals surface area contributed by atoms with Gasteiger partial charge < -0.3 is 10.2 Å². The fourth-order valence-corrected chi connectivity index (χ4v) is 1.67. The predicted octanol–water partition coefficient (Wildman–Crippen LogP) is 2.52. The Hall–Kier alpha value is -0.340. The number of hydrogen-bond donors (Lipinski definition) is 1. The van der Waals surface area contributed by atoms with Gasteiger partial charge in [0.1, 0.15) is 0 Å². The van der Waals surface area contributed by atoms with Crippen LogP contribution in [0.15, 0.2) is 12.7 Å². The van der Waals surface area contributed by atoms with E-state index in [2.05, 4.69) is 44.6 Å². The van der Waals surface area contributed by atoms with Gasteiger partial charge in [0.15, 0.2) is 0 Å². The van der Waals surface area contributed by atoms with E-state index in [0.29, 0.717) is 12.0 Å². The van der Waals surface area contributed by atoms with Gasteiger partial charge in [-0.3, -0.25) is 0 Å². The number of allylic oxidation sites excluding steroid dienone is 1. The first kappa shape index (κ1) is 14.7. The molecule has 0 bridgehead atoms. The second-order valence-corrected chi connectivity index (χ2v) is 4.44. The van der Waals surface area contributed by atoms with E-state index in [1.54, 1.807) is 0 Å². The van der Waals surface area contributed by atoms with E-state index in [-0.39, 0.29) is 0 Å². The van der Waals surface area contributed by atoms with Gasteiger partial charge in [0, 0.05) is 6.04 Å². The second-order valence-electron chi connectivity index (χ2n) is 4.44. The molecule has 0 aromatic rings. The van der Waals surface area contributed by atoms with Crippen molar-refractivity contribution in [1.29, 1.82) is 0 Å². The molecule has 0 aliphatic heterocycles. The molecule has 0 aromatic heterocycles. The minimum absolute atomic E-state index is 0.647. The van der Waals surface area contributed by atoms with Gasteiger partial charge in [0.2, 0.25) is 0 Å². The molecular weight excluding hydrogens is 184 g/mol. The highest BCUT2D eigenvalue weighted by Crippen LogP contribution is 2.09. The van der Waals surface area contributed by atoms with Crippen LogP contribution < -0.4 is 5.32 Å². The molecule has 0 aliphatic rings. The van der Waals surface area contributed by atoms with Crippen LogP contribution >= 0.6 is 0 Å². The molecule has 0 fully saturated rings. The third-order valence-electron chi connectivity index (χ3n) is 3.15. The Kier molecular flexibility index (Phi) is 8.73. The van der Waals surface area contributed by atoms with Crippen molar-refractivity contribution >= 4 is 0 Å². The highest BCUT2D eigenvalue weighted by atomic mass is 15.1. The fourth-order valence-electron chi connectivity index (χ4n) is 1.67. The molecule has 15 heavy (non-hydrogen) atoms. The molecule has 0 rings (SSSR count). The maximum Gasteiger partial charge on any atom is 0.0102 e. The van der Waals surface area contributed by atoms with Gasteiger partial charge in [-0.05, 0) is 52.4 Å². The van der Waals surface area contributed by atoms with E-state index < -0.39 is 0 Å². The zero-order chi connectivity index (χ0) is 11.7. The first-order chi connectivity index (χ1) is 7.13. The smallest absolute Gasteiger partial charge is 0.0102 e. The summed E-state index contributed by atoms with van der Waals surface area (Å²) < 4.78 is 0. The quantitative estimate of drug-likeness (QED) is 0.467. The fraction of sp³-hybridized carbons (Fsp3) is 0.846. The number of unbranched alkanes of at least 4 members (excludes halogenated alkanes) is 1. The Bertz CT molecular complexity index is 157. The Labute approximate surface area is 95.7 Å². The summed E-state index contributed by atoms with van der Waals surface area (Å²) in [7, 11) is 2.22. The third kappa shape index (κ3) is 6.69. The van der Waals surface area contributed by atoms with Crippen molar-refractivity contribution in [3.8, 4) is 0 Å². The average Bonchev–Trinajstić information content (AvgIpc) is 2.24. The first-order valence-corrected chi connectivity index (χ1v) is 6.15. The Morgan fingerprint density at radius 3 is 2.60 bits per heavy atom. The molecule has 2 nitrogen and oxygen atoms in total. The van der Waals surface area contributed by atoms with E-state index in [1.165, 1.54) is 13.0 Å². The Morgan fingerprint density at radius 1 is 1.40 bits per heavy atom. The lowest BCUT2D eigenvalue weighted by Crippen LogP contribution is -2.39. The number of rotatable bonds is 9.